The van der Waals surface area contributed by atoms with Gasteiger partial charge in [0.1, 0.15) is 0 Å². The first-order valence-corrected chi connectivity index (χ1v) is 25.1. The van der Waals surface area contributed by atoms with Crippen LogP contribution in [0.4, 0.5) is 0 Å². The Labute approximate surface area is 329 Å². The van der Waals surface area contributed by atoms with E-state index in [0.29, 0.717) is 19.6 Å². The molecule has 53 heavy (non-hydrogen) atoms. The van der Waals surface area contributed by atoms with Gasteiger partial charge in [-0.05, 0) is 60.0 Å². The molecule has 0 bridgehead atoms. The molecule has 3 N–H and O–H groups in total. The number of nitrogens with zero attached hydrogens (tertiary/aromatic N) is 3. The monoisotopic (exact) mass is 826 g/mol. The number of hydrogen-bond donors (Lipinski definition) is 3. The zero-order chi connectivity index (χ0) is 40.2. The van der Waals surface area contributed by atoms with Crippen molar-refractivity contribution in [3.05, 3.63) is 0 Å². The molecule has 12 nitrogen and oxygen atoms in total. The standard InChI is InChI=1S/C15H33NO3S.2C11H25NO3S.CH4/c1-3-4-5-6-7-8-9-10-11-12-13-16(2)14-15-20(17,18)19;2*1-3-4-5-6-7-8-9-12(2)10-11-16(13,14)15;/h3-15H2,1-2H3,(H,17,18,19);2*3-11H2,1-2H3,(H,13,14,15);1H4. The van der Waals surface area contributed by atoms with Crippen molar-refractivity contribution in [1.82, 2.24) is 14.7 Å². The van der Waals surface area contributed by atoms with E-state index in [0.717, 1.165) is 38.9 Å². The third kappa shape index (κ3) is 61.1. The molecule has 0 radical (unpaired) electrons. The summed E-state index contributed by atoms with van der Waals surface area (Å²) in [6.07, 6.45) is 27.9. The van der Waals surface area contributed by atoms with E-state index in [-0.39, 0.29) is 24.7 Å². The van der Waals surface area contributed by atoms with Crippen molar-refractivity contribution in [1.29, 1.82) is 0 Å². The van der Waals surface area contributed by atoms with E-state index >= 15 is 0 Å². The van der Waals surface area contributed by atoms with Crippen LogP contribution in [0.1, 0.15) is 169 Å². The largest absolute Gasteiger partial charge is 0.305 e. The highest BCUT2D eigenvalue weighted by Crippen LogP contribution is 2.11. The fourth-order valence-corrected chi connectivity index (χ4v) is 6.97. The van der Waals surface area contributed by atoms with E-state index < -0.39 is 30.4 Å². The molecule has 0 aromatic carbocycles. The molecule has 0 aromatic rings. The van der Waals surface area contributed by atoms with Gasteiger partial charge in [0.05, 0.1) is 17.3 Å². The second-order valence-corrected chi connectivity index (χ2v) is 19.2. The highest BCUT2D eigenvalue weighted by Gasteiger charge is 2.08. The Kier molecular flexibility index (Phi) is 44.6. The first-order valence-electron chi connectivity index (χ1n) is 20.3. The maximum absolute atomic E-state index is 10.6. The minimum atomic E-state index is -3.81. The van der Waals surface area contributed by atoms with Gasteiger partial charge in [-0.15, -0.1) is 0 Å². The Balaban J connectivity index is -0.000000340. The Morgan fingerprint density at radius 2 is 0.491 bits per heavy atom. The summed E-state index contributed by atoms with van der Waals surface area (Å²) in [5, 5.41) is 0. The third-order valence-electron chi connectivity index (χ3n) is 8.87. The average molecular weight is 826 g/mol. The zero-order valence-corrected chi connectivity index (χ0v) is 36.7. The van der Waals surface area contributed by atoms with Crippen molar-refractivity contribution in [2.75, 3.05) is 77.7 Å². The quantitative estimate of drug-likeness (QED) is 0.0417. The predicted octanol–water partition coefficient (Wildman–Crippen LogP) is 8.70. The van der Waals surface area contributed by atoms with E-state index in [2.05, 4.69) is 20.8 Å². The highest BCUT2D eigenvalue weighted by molar-refractivity contribution is 7.86. The average Bonchev–Trinajstić information content (AvgIpc) is 3.05. The van der Waals surface area contributed by atoms with Crippen LogP contribution in [0.5, 0.6) is 0 Å². The lowest BCUT2D eigenvalue weighted by Gasteiger charge is -2.15. The summed E-state index contributed by atoms with van der Waals surface area (Å²) < 4.78 is 89.1. The van der Waals surface area contributed by atoms with Gasteiger partial charge in [0, 0.05) is 19.6 Å². The summed E-state index contributed by atoms with van der Waals surface area (Å²) in [6.45, 7) is 10.6. The Hall–Kier alpha value is -0.390. The molecule has 15 heteroatoms. The van der Waals surface area contributed by atoms with Crippen molar-refractivity contribution >= 4 is 30.4 Å². The molecule has 0 fully saturated rings. The topological polar surface area (TPSA) is 173 Å². The molecule has 0 atom stereocenters. The smallest absolute Gasteiger partial charge is 0.266 e. The van der Waals surface area contributed by atoms with Crippen LogP contribution in [-0.4, -0.2) is 131 Å². The number of unbranched alkanes of at least 4 members (excludes halogenated alkanes) is 19. The first kappa shape index (κ1) is 59.3. The predicted molar refractivity (Wildman–Crippen MR) is 227 cm³/mol. The van der Waals surface area contributed by atoms with Gasteiger partial charge in [-0.2, -0.15) is 25.3 Å². The zero-order valence-electron chi connectivity index (χ0n) is 34.3. The molecule has 0 aromatic heterocycles. The van der Waals surface area contributed by atoms with Crippen molar-refractivity contribution < 1.29 is 38.9 Å². The third-order valence-corrected chi connectivity index (χ3v) is 11.0. The van der Waals surface area contributed by atoms with E-state index in [1.807, 2.05) is 35.8 Å². The fraction of sp³-hybridized carbons (Fsp3) is 1.00. The van der Waals surface area contributed by atoms with Gasteiger partial charge in [-0.3, -0.25) is 13.7 Å². The molecule has 0 spiro atoms. The molecule has 0 unspecified atom stereocenters. The molecular formula is C38H87N3O9S3. The Bertz CT molecular complexity index is 1020. The minimum absolute atomic E-state index is 0. The summed E-state index contributed by atoms with van der Waals surface area (Å²) in [5.74, 6) is -0.500. The van der Waals surface area contributed by atoms with E-state index in [4.69, 9.17) is 13.7 Å². The van der Waals surface area contributed by atoms with Crippen LogP contribution in [0.25, 0.3) is 0 Å². The SMILES string of the molecule is C.CCCCCCCCCCCCN(C)CCS(=O)(=O)O.CCCCCCCCN(C)CCS(=O)(=O)O.CCCCCCCCN(C)CCS(=O)(=O)O. The van der Waals surface area contributed by atoms with Crippen molar-refractivity contribution in [2.45, 2.75) is 169 Å². The van der Waals surface area contributed by atoms with Crippen LogP contribution < -0.4 is 0 Å². The molecule has 0 rings (SSSR count). The Morgan fingerprint density at radius 3 is 0.660 bits per heavy atom. The van der Waals surface area contributed by atoms with Gasteiger partial charge in [0.2, 0.25) is 0 Å². The molecule has 0 heterocycles. The van der Waals surface area contributed by atoms with E-state index in [9.17, 15) is 25.3 Å². The van der Waals surface area contributed by atoms with Crippen LogP contribution in [-0.2, 0) is 30.4 Å². The van der Waals surface area contributed by atoms with Gasteiger partial charge < -0.3 is 14.7 Å². The Morgan fingerprint density at radius 1 is 0.321 bits per heavy atom. The fourth-order valence-electron chi connectivity index (χ4n) is 5.34. The second-order valence-electron chi connectivity index (χ2n) is 14.5. The summed E-state index contributed by atoms with van der Waals surface area (Å²) in [4.78, 5) is 5.87. The van der Waals surface area contributed by atoms with Crippen LogP contribution >= 0.6 is 0 Å². The summed E-state index contributed by atoms with van der Waals surface area (Å²) in [5.41, 5.74) is 0. The van der Waals surface area contributed by atoms with Crippen molar-refractivity contribution in [3.8, 4) is 0 Å². The minimum Gasteiger partial charge on any atom is -0.305 e. The normalized spacial score (nSPS) is 12.0. The molecule has 0 amide bonds. The van der Waals surface area contributed by atoms with Gasteiger partial charge in [-0.25, -0.2) is 0 Å². The van der Waals surface area contributed by atoms with E-state index in [1.165, 1.54) is 122 Å². The maximum atomic E-state index is 10.6. The summed E-state index contributed by atoms with van der Waals surface area (Å²) >= 11 is 0. The van der Waals surface area contributed by atoms with Crippen LogP contribution in [0.2, 0.25) is 0 Å². The van der Waals surface area contributed by atoms with Gasteiger partial charge in [0.25, 0.3) is 30.4 Å². The lowest BCUT2D eigenvalue weighted by atomic mass is 10.1. The van der Waals surface area contributed by atoms with Gasteiger partial charge in [-0.1, -0.05) is 150 Å². The lowest BCUT2D eigenvalue weighted by molar-refractivity contribution is 0.337. The van der Waals surface area contributed by atoms with Crippen LogP contribution in [0.3, 0.4) is 0 Å². The van der Waals surface area contributed by atoms with Gasteiger partial charge in [0.15, 0.2) is 0 Å². The van der Waals surface area contributed by atoms with Crippen LogP contribution in [0, 0.1) is 0 Å². The van der Waals surface area contributed by atoms with Crippen LogP contribution in [0.15, 0.2) is 0 Å². The lowest BCUT2D eigenvalue weighted by Crippen LogP contribution is -2.26. The molecule has 0 aliphatic heterocycles. The number of hydrogen-bond acceptors (Lipinski definition) is 9. The molecule has 0 saturated heterocycles. The maximum Gasteiger partial charge on any atom is 0.266 e. The summed E-state index contributed by atoms with van der Waals surface area (Å²) in [7, 11) is -5.75. The molecule has 0 aliphatic carbocycles. The van der Waals surface area contributed by atoms with Crippen molar-refractivity contribution in [2.24, 2.45) is 0 Å². The molecule has 0 aliphatic rings. The second kappa shape index (κ2) is 39.8. The van der Waals surface area contributed by atoms with E-state index in [1.54, 1.807) is 0 Å². The first-order chi connectivity index (χ1) is 24.4. The molecule has 0 saturated carbocycles. The highest BCUT2D eigenvalue weighted by atomic mass is 32.2. The molecule has 326 valence electrons. The van der Waals surface area contributed by atoms with Gasteiger partial charge >= 0.3 is 0 Å². The van der Waals surface area contributed by atoms with Crippen molar-refractivity contribution in [3.63, 3.8) is 0 Å². The molecular weight excluding hydrogens is 739 g/mol. The summed E-state index contributed by atoms with van der Waals surface area (Å²) in [6, 6.07) is 0. The number of rotatable bonds is 34.